The Morgan fingerprint density at radius 2 is 1.74 bits per heavy atom. The first-order valence-corrected chi connectivity index (χ1v) is 9.94. The summed E-state index contributed by atoms with van der Waals surface area (Å²) >= 11 is 0. The molecule has 0 spiro atoms. The molecule has 0 unspecified atom stereocenters. The molecule has 3 aromatic rings. The van der Waals surface area contributed by atoms with E-state index >= 15 is 0 Å². The summed E-state index contributed by atoms with van der Waals surface area (Å²) < 4.78 is 22.0. The number of aromatic nitrogens is 1. The van der Waals surface area contributed by atoms with E-state index in [1.807, 2.05) is 36.4 Å². The molecule has 2 aromatic carbocycles. The molecule has 0 aliphatic carbocycles. The summed E-state index contributed by atoms with van der Waals surface area (Å²) in [6.45, 7) is 0.798. The van der Waals surface area contributed by atoms with Crippen LogP contribution in [0.5, 0.6) is 23.0 Å². The van der Waals surface area contributed by atoms with Crippen molar-refractivity contribution >= 4 is 11.6 Å². The zero-order valence-electron chi connectivity index (χ0n) is 17.7. The highest BCUT2D eigenvalue weighted by atomic mass is 16.5. The lowest BCUT2D eigenvalue weighted by atomic mass is 10.2. The highest BCUT2D eigenvalue weighted by molar-refractivity contribution is 5.91. The number of hydrogen-bond donors (Lipinski definition) is 1. The standard InChI is InChI=1S/C24H26N2O5/c1-28-20-8-10-21(11-9-20)30-14-4-6-24(27)26-19-7-12-22(29-2)23(15-19)31-17-18-5-3-13-25-16-18/h3,5,7-13,15-16H,4,6,14,17H2,1-2H3,(H,26,27). The van der Waals surface area contributed by atoms with Crippen LogP contribution in [0.3, 0.4) is 0 Å². The van der Waals surface area contributed by atoms with Crippen molar-refractivity contribution in [1.29, 1.82) is 0 Å². The van der Waals surface area contributed by atoms with Crippen molar-refractivity contribution < 1.29 is 23.7 Å². The van der Waals surface area contributed by atoms with E-state index in [9.17, 15) is 4.79 Å². The maximum atomic E-state index is 12.3. The minimum absolute atomic E-state index is 0.0956. The van der Waals surface area contributed by atoms with Crippen LogP contribution in [0.15, 0.2) is 67.0 Å². The fraction of sp³-hybridized carbons (Fsp3) is 0.250. The number of rotatable bonds is 11. The summed E-state index contributed by atoms with van der Waals surface area (Å²) in [5, 5.41) is 2.89. The van der Waals surface area contributed by atoms with Gasteiger partial charge in [-0.3, -0.25) is 9.78 Å². The third-order valence-electron chi connectivity index (χ3n) is 4.44. The second-order valence-corrected chi connectivity index (χ2v) is 6.69. The second-order valence-electron chi connectivity index (χ2n) is 6.69. The van der Waals surface area contributed by atoms with Gasteiger partial charge in [0, 0.05) is 36.1 Å². The van der Waals surface area contributed by atoms with Gasteiger partial charge in [0.05, 0.1) is 20.8 Å². The Morgan fingerprint density at radius 3 is 2.45 bits per heavy atom. The van der Waals surface area contributed by atoms with Crippen LogP contribution in [-0.2, 0) is 11.4 Å². The molecule has 0 atom stereocenters. The fourth-order valence-electron chi connectivity index (χ4n) is 2.83. The van der Waals surface area contributed by atoms with Crippen LogP contribution in [0, 0.1) is 0 Å². The number of ether oxygens (including phenoxy) is 4. The SMILES string of the molecule is COc1ccc(OCCCC(=O)Nc2ccc(OC)c(OCc3cccnc3)c2)cc1. The molecule has 7 heteroatoms. The van der Waals surface area contributed by atoms with E-state index in [1.54, 1.807) is 44.8 Å². The molecular formula is C24H26N2O5. The van der Waals surface area contributed by atoms with Crippen molar-refractivity contribution in [3.8, 4) is 23.0 Å². The molecule has 0 aliphatic heterocycles. The van der Waals surface area contributed by atoms with Crippen LogP contribution < -0.4 is 24.3 Å². The Kier molecular flexibility index (Phi) is 8.11. The van der Waals surface area contributed by atoms with Crippen molar-refractivity contribution in [2.75, 3.05) is 26.1 Å². The summed E-state index contributed by atoms with van der Waals surface area (Å²) in [4.78, 5) is 16.4. The molecule has 7 nitrogen and oxygen atoms in total. The summed E-state index contributed by atoms with van der Waals surface area (Å²) in [5.41, 5.74) is 1.58. The Balaban J connectivity index is 1.47. The lowest BCUT2D eigenvalue weighted by Crippen LogP contribution is -2.13. The van der Waals surface area contributed by atoms with Gasteiger partial charge in [-0.25, -0.2) is 0 Å². The van der Waals surface area contributed by atoms with Crippen molar-refractivity contribution in [2.24, 2.45) is 0 Å². The third kappa shape index (κ3) is 6.92. The van der Waals surface area contributed by atoms with Gasteiger partial charge in [-0.05, 0) is 48.9 Å². The summed E-state index contributed by atoms with van der Waals surface area (Å²) in [7, 11) is 3.19. The Morgan fingerprint density at radius 1 is 0.935 bits per heavy atom. The molecule has 1 amide bonds. The van der Waals surface area contributed by atoms with Gasteiger partial charge >= 0.3 is 0 Å². The number of carbonyl (C=O) groups excluding carboxylic acids is 1. The van der Waals surface area contributed by atoms with Crippen LogP contribution in [-0.4, -0.2) is 31.7 Å². The Labute approximate surface area is 181 Å². The van der Waals surface area contributed by atoms with Crippen LogP contribution >= 0.6 is 0 Å². The van der Waals surface area contributed by atoms with Gasteiger partial charge in [-0.2, -0.15) is 0 Å². The number of carbonyl (C=O) groups is 1. The lowest BCUT2D eigenvalue weighted by molar-refractivity contribution is -0.116. The van der Waals surface area contributed by atoms with Crippen molar-refractivity contribution in [1.82, 2.24) is 4.98 Å². The number of hydrogen-bond acceptors (Lipinski definition) is 6. The molecular weight excluding hydrogens is 396 g/mol. The first-order chi connectivity index (χ1) is 15.2. The van der Waals surface area contributed by atoms with E-state index in [1.165, 1.54) is 0 Å². The zero-order chi connectivity index (χ0) is 21.9. The number of methoxy groups -OCH3 is 2. The van der Waals surface area contributed by atoms with Crippen LogP contribution in [0.4, 0.5) is 5.69 Å². The van der Waals surface area contributed by atoms with Crippen molar-refractivity contribution in [3.05, 3.63) is 72.6 Å². The van der Waals surface area contributed by atoms with E-state index in [0.717, 1.165) is 17.1 Å². The fourth-order valence-corrected chi connectivity index (χ4v) is 2.83. The normalized spacial score (nSPS) is 10.3. The van der Waals surface area contributed by atoms with E-state index in [4.69, 9.17) is 18.9 Å². The smallest absolute Gasteiger partial charge is 0.224 e. The first-order valence-electron chi connectivity index (χ1n) is 9.94. The highest BCUT2D eigenvalue weighted by Crippen LogP contribution is 2.31. The Hall–Kier alpha value is -3.74. The average molecular weight is 422 g/mol. The number of nitrogens with one attached hydrogen (secondary N) is 1. The molecule has 0 saturated carbocycles. The molecule has 0 bridgehead atoms. The van der Waals surface area contributed by atoms with Crippen LogP contribution in [0.25, 0.3) is 0 Å². The monoisotopic (exact) mass is 422 g/mol. The number of amides is 1. The number of nitrogens with zero attached hydrogens (tertiary/aromatic N) is 1. The molecule has 0 fully saturated rings. The molecule has 0 radical (unpaired) electrons. The molecule has 1 N–H and O–H groups in total. The van der Waals surface area contributed by atoms with E-state index < -0.39 is 0 Å². The predicted molar refractivity (Wildman–Crippen MR) is 118 cm³/mol. The van der Waals surface area contributed by atoms with Gasteiger partial charge in [0.25, 0.3) is 0 Å². The van der Waals surface area contributed by atoms with Gasteiger partial charge in [0.2, 0.25) is 5.91 Å². The van der Waals surface area contributed by atoms with Gasteiger partial charge in [0.15, 0.2) is 11.5 Å². The quantitative estimate of drug-likeness (QED) is 0.459. The van der Waals surface area contributed by atoms with Crippen LogP contribution in [0.2, 0.25) is 0 Å². The minimum Gasteiger partial charge on any atom is -0.497 e. The van der Waals surface area contributed by atoms with Gasteiger partial charge < -0.3 is 24.3 Å². The lowest BCUT2D eigenvalue weighted by Gasteiger charge is -2.13. The van der Waals surface area contributed by atoms with E-state index in [-0.39, 0.29) is 5.91 Å². The molecule has 31 heavy (non-hydrogen) atoms. The topological polar surface area (TPSA) is 78.9 Å². The summed E-state index contributed by atoms with van der Waals surface area (Å²) in [6.07, 6.45) is 4.39. The maximum absolute atomic E-state index is 12.3. The molecule has 1 heterocycles. The van der Waals surface area contributed by atoms with Crippen molar-refractivity contribution in [2.45, 2.75) is 19.4 Å². The Bertz CT molecular complexity index is 961. The number of benzene rings is 2. The highest BCUT2D eigenvalue weighted by Gasteiger charge is 2.09. The largest absolute Gasteiger partial charge is 0.497 e. The molecule has 1 aromatic heterocycles. The zero-order valence-corrected chi connectivity index (χ0v) is 17.7. The second kappa shape index (κ2) is 11.4. The molecule has 0 aliphatic rings. The first kappa shape index (κ1) is 22.0. The summed E-state index contributed by atoms with van der Waals surface area (Å²) in [6, 6.07) is 16.4. The van der Waals surface area contributed by atoms with Gasteiger partial charge in [0.1, 0.15) is 18.1 Å². The number of pyridine rings is 1. The van der Waals surface area contributed by atoms with Crippen LogP contribution in [0.1, 0.15) is 18.4 Å². The average Bonchev–Trinajstić information content (AvgIpc) is 2.81. The number of anilines is 1. The maximum Gasteiger partial charge on any atom is 0.224 e. The predicted octanol–water partition coefficient (Wildman–Crippen LogP) is 4.48. The molecule has 0 saturated heterocycles. The van der Waals surface area contributed by atoms with E-state index in [2.05, 4.69) is 10.3 Å². The van der Waals surface area contributed by atoms with Gasteiger partial charge in [-0.1, -0.05) is 6.07 Å². The third-order valence-corrected chi connectivity index (χ3v) is 4.44. The minimum atomic E-state index is -0.0956. The molecule has 162 valence electrons. The van der Waals surface area contributed by atoms with Gasteiger partial charge in [-0.15, -0.1) is 0 Å². The summed E-state index contributed by atoms with van der Waals surface area (Å²) in [5.74, 6) is 2.56. The molecule has 3 rings (SSSR count). The van der Waals surface area contributed by atoms with E-state index in [0.29, 0.717) is 43.2 Å². The van der Waals surface area contributed by atoms with Crippen molar-refractivity contribution in [3.63, 3.8) is 0 Å².